The van der Waals surface area contributed by atoms with Gasteiger partial charge in [0.1, 0.15) is 11.3 Å². The molecule has 0 saturated heterocycles. The second-order valence-electron chi connectivity index (χ2n) is 6.30. The van der Waals surface area contributed by atoms with E-state index in [1.165, 1.54) is 18.2 Å². The molecule has 4 rings (SSSR count). The minimum absolute atomic E-state index is 0.0234. The largest absolute Gasteiger partial charge is 0.507 e. The standard InChI is InChI=1S/C21H15N3O4/c1-13-2-8-18-20(10-13)28-21(23-18)17-11-15(5-9-19(17)25)22-12-14-3-6-16(7-4-14)24(26)27/h2-12,25H,1H3. The number of nitro groups is 1. The number of phenolic OH excluding ortho intramolecular Hbond substituents is 1. The Bertz CT molecular complexity index is 1210. The second-order valence-corrected chi connectivity index (χ2v) is 6.30. The van der Waals surface area contributed by atoms with Crippen molar-refractivity contribution in [3.05, 3.63) is 81.9 Å². The number of phenols is 1. The van der Waals surface area contributed by atoms with E-state index in [2.05, 4.69) is 9.98 Å². The molecule has 7 heteroatoms. The summed E-state index contributed by atoms with van der Waals surface area (Å²) in [5.41, 5.74) is 4.18. The Labute approximate surface area is 159 Å². The van der Waals surface area contributed by atoms with Crippen molar-refractivity contribution in [2.24, 2.45) is 4.99 Å². The fourth-order valence-electron chi connectivity index (χ4n) is 2.75. The number of nitro benzene ring substituents is 1. The molecule has 0 saturated carbocycles. The predicted molar refractivity (Wildman–Crippen MR) is 106 cm³/mol. The highest BCUT2D eigenvalue weighted by Gasteiger charge is 2.13. The van der Waals surface area contributed by atoms with Crippen LogP contribution in [0.15, 0.2) is 70.1 Å². The zero-order chi connectivity index (χ0) is 19.7. The van der Waals surface area contributed by atoms with Gasteiger partial charge in [0.15, 0.2) is 5.58 Å². The smallest absolute Gasteiger partial charge is 0.269 e. The highest BCUT2D eigenvalue weighted by molar-refractivity contribution is 5.83. The van der Waals surface area contributed by atoms with E-state index in [0.29, 0.717) is 28.2 Å². The Kier molecular flexibility index (Phi) is 4.33. The normalized spacial score (nSPS) is 11.3. The first-order valence-corrected chi connectivity index (χ1v) is 8.49. The topological polar surface area (TPSA) is 102 Å². The number of fused-ring (bicyclic) bond motifs is 1. The molecule has 28 heavy (non-hydrogen) atoms. The maximum atomic E-state index is 10.7. The molecule has 0 bridgehead atoms. The van der Waals surface area contributed by atoms with E-state index in [1.807, 2.05) is 25.1 Å². The molecule has 0 aliphatic carbocycles. The Morgan fingerprint density at radius 3 is 2.64 bits per heavy atom. The molecule has 0 amide bonds. The molecular weight excluding hydrogens is 358 g/mol. The van der Waals surface area contributed by atoms with E-state index in [4.69, 9.17) is 4.42 Å². The van der Waals surface area contributed by atoms with Gasteiger partial charge < -0.3 is 9.52 Å². The van der Waals surface area contributed by atoms with Gasteiger partial charge in [0.25, 0.3) is 5.69 Å². The molecule has 1 heterocycles. The van der Waals surface area contributed by atoms with Crippen LogP contribution in [0.5, 0.6) is 5.75 Å². The molecule has 0 radical (unpaired) electrons. The third-order valence-corrected chi connectivity index (χ3v) is 4.22. The molecule has 0 unspecified atom stereocenters. The van der Waals surface area contributed by atoms with Gasteiger partial charge in [-0.3, -0.25) is 15.1 Å². The molecule has 138 valence electrons. The Hall–Kier alpha value is -4.00. The molecule has 1 N–H and O–H groups in total. The number of hydrogen-bond acceptors (Lipinski definition) is 6. The minimum atomic E-state index is -0.449. The van der Waals surface area contributed by atoms with Crippen molar-refractivity contribution in [1.82, 2.24) is 4.98 Å². The lowest BCUT2D eigenvalue weighted by atomic mass is 10.1. The summed E-state index contributed by atoms with van der Waals surface area (Å²) in [6.07, 6.45) is 1.59. The molecule has 0 aliphatic rings. The number of benzene rings is 3. The summed E-state index contributed by atoms with van der Waals surface area (Å²) < 4.78 is 5.78. The van der Waals surface area contributed by atoms with E-state index in [0.717, 1.165) is 11.1 Å². The van der Waals surface area contributed by atoms with Crippen LogP contribution in [0.1, 0.15) is 11.1 Å². The molecule has 1 aromatic heterocycles. The number of aliphatic imine (C=N–C) groups is 1. The fraction of sp³-hybridized carbons (Fsp3) is 0.0476. The van der Waals surface area contributed by atoms with E-state index >= 15 is 0 Å². The van der Waals surface area contributed by atoms with Gasteiger partial charge in [-0.2, -0.15) is 0 Å². The van der Waals surface area contributed by atoms with Crippen molar-refractivity contribution >= 4 is 28.7 Å². The molecule has 3 aromatic carbocycles. The summed E-state index contributed by atoms with van der Waals surface area (Å²) >= 11 is 0. The average molecular weight is 373 g/mol. The van der Waals surface area contributed by atoms with E-state index in [9.17, 15) is 15.2 Å². The number of non-ortho nitro benzene ring substituents is 1. The fourth-order valence-corrected chi connectivity index (χ4v) is 2.75. The van der Waals surface area contributed by atoms with E-state index < -0.39 is 4.92 Å². The van der Waals surface area contributed by atoms with Gasteiger partial charge in [-0.15, -0.1) is 0 Å². The molecule has 0 spiro atoms. The van der Waals surface area contributed by atoms with Crippen LogP contribution >= 0.6 is 0 Å². The summed E-state index contributed by atoms with van der Waals surface area (Å²) in [5.74, 6) is 0.350. The van der Waals surface area contributed by atoms with Crippen molar-refractivity contribution < 1.29 is 14.4 Å². The number of hydrogen-bond donors (Lipinski definition) is 1. The summed E-state index contributed by atoms with van der Waals surface area (Å²) in [7, 11) is 0. The van der Waals surface area contributed by atoms with Gasteiger partial charge in [-0.1, -0.05) is 6.07 Å². The molecule has 0 atom stereocenters. The lowest BCUT2D eigenvalue weighted by Crippen LogP contribution is -1.88. The van der Waals surface area contributed by atoms with Crippen molar-refractivity contribution in [2.75, 3.05) is 0 Å². The lowest BCUT2D eigenvalue weighted by molar-refractivity contribution is -0.384. The van der Waals surface area contributed by atoms with E-state index in [1.54, 1.807) is 30.5 Å². The number of aromatic nitrogens is 1. The zero-order valence-electron chi connectivity index (χ0n) is 14.9. The third kappa shape index (κ3) is 3.45. The van der Waals surface area contributed by atoms with Gasteiger partial charge in [0.2, 0.25) is 5.89 Å². The molecule has 0 fully saturated rings. The number of aromatic hydroxyl groups is 1. The summed E-state index contributed by atoms with van der Waals surface area (Å²) in [5, 5.41) is 20.9. The van der Waals surface area contributed by atoms with Crippen molar-refractivity contribution in [3.8, 4) is 17.2 Å². The van der Waals surface area contributed by atoms with Crippen LogP contribution in [-0.2, 0) is 0 Å². The molecule has 0 aliphatic heterocycles. The first kappa shape index (κ1) is 17.4. The molecule has 7 nitrogen and oxygen atoms in total. The minimum Gasteiger partial charge on any atom is -0.507 e. The predicted octanol–water partition coefficient (Wildman–Crippen LogP) is 5.17. The highest BCUT2D eigenvalue weighted by Crippen LogP contribution is 2.34. The van der Waals surface area contributed by atoms with Crippen LogP contribution in [0, 0.1) is 17.0 Å². The highest BCUT2D eigenvalue weighted by atomic mass is 16.6. The SMILES string of the molecule is Cc1ccc2nc(-c3cc(N=Cc4ccc([N+](=O)[O-])cc4)ccc3O)oc2c1. The van der Waals surface area contributed by atoms with Crippen molar-refractivity contribution in [2.45, 2.75) is 6.92 Å². The van der Waals surface area contributed by atoms with Crippen LogP contribution in [0.25, 0.3) is 22.6 Å². The quantitative estimate of drug-likeness (QED) is 0.302. The number of rotatable bonds is 4. The van der Waals surface area contributed by atoms with Crippen LogP contribution < -0.4 is 0 Å². The maximum Gasteiger partial charge on any atom is 0.269 e. The molecule has 4 aromatic rings. The number of aryl methyl sites for hydroxylation is 1. The van der Waals surface area contributed by atoms with Crippen molar-refractivity contribution in [1.29, 1.82) is 0 Å². The van der Waals surface area contributed by atoms with Gasteiger partial charge >= 0.3 is 0 Å². The second kappa shape index (κ2) is 6.96. The summed E-state index contributed by atoms with van der Waals surface area (Å²) in [4.78, 5) is 19.1. The van der Waals surface area contributed by atoms with Crippen LogP contribution in [0.3, 0.4) is 0 Å². The Morgan fingerprint density at radius 2 is 1.89 bits per heavy atom. The first-order chi connectivity index (χ1) is 13.5. The first-order valence-electron chi connectivity index (χ1n) is 8.49. The average Bonchev–Trinajstić information content (AvgIpc) is 3.10. The lowest BCUT2D eigenvalue weighted by Gasteiger charge is -2.02. The third-order valence-electron chi connectivity index (χ3n) is 4.22. The van der Waals surface area contributed by atoms with Crippen molar-refractivity contribution in [3.63, 3.8) is 0 Å². The van der Waals surface area contributed by atoms with Gasteiger partial charge in [-0.25, -0.2) is 4.98 Å². The van der Waals surface area contributed by atoms with Crippen LogP contribution in [0.2, 0.25) is 0 Å². The Morgan fingerprint density at radius 1 is 1.11 bits per heavy atom. The summed E-state index contributed by atoms with van der Waals surface area (Å²) in [6, 6.07) is 16.6. The maximum absolute atomic E-state index is 10.7. The number of nitrogens with zero attached hydrogens (tertiary/aromatic N) is 3. The zero-order valence-corrected chi connectivity index (χ0v) is 14.9. The monoisotopic (exact) mass is 373 g/mol. The Balaban J connectivity index is 1.65. The van der Waals surface area contributed by atoms with Crippen LogP contribution in [0.4, 0.5) is 11.4 Å². The molecular formula is C21H15N3O4. The number of oxazole rings is 1. The van der Waals surface area contributed by atoms with E-state index in [-0.39, 0.29) is 11.4 Å². The van der Waals surface area contributed by atoms with Gasteiger partial charge in [0, 0.05) is 18.3 Å². The van der Waals surface area contributed by atoms with Crippen LogP contribution in [-0.4, -0.2) is 21.2 Å². The summed E-state index contributed by atoms with van der Waals surface area (Å²) in [6.45, 7) is 1.96. The van der Waals surface area contributed by atoms with Gasteiger partial charge in [-0.05, 0) is 60.5 Å². The van der Waals surface area contributed by atoms with Gasteiger partial charge in [0.05, 0.1) is 16.2 Å².